The highest BCUT2D eigenvalue weighted by Gasteiger charge is 2.12. The first-order chi connectivity index (χ1) is 5.93. The van der Waals surface area contributed by atoms with Crippen LogP contribution in [0.1, 0.15) is 6.92 Å². The average Bonchev–Trinajstić information content (AvgIpc) is 1.98. The molecule has 6 heteroatoms. The van der Waals surface area contributed by atoms with Gasteiger partial charge in [0, 0.05) is 14.1 Å². The molecule has 0 rings (SSSR count). The molecule has 13 heavy (non-hydrogen) atoms. The van der Waals surface area contributed by atoms with Crippen molar-refractivity contribution in [2.45, 2.75) is 13.0 Å². The summed E-state index contributed by atoms with van der Waals surface area (Å²) in [6.45, 7) is 1.43. The molecule has 0 aromatic heterocycles. The molecule has 0 aromatic rings. The highest BCUT2D eigenvalue weighted by Crippen LogP contribution is 1.86. The Morgan fingerprint density at radius 3 is 2.46 bits per heavy atom. The van der Waals surface area contributed by atoms with Gasteiger partial charge in [-0.05, 0) is 6.92 Å². The van der Waals surface area contributed by atoms with Crippen LogP contribution in [0.5, 0.6) is 0 Å². The van der Waals surface area contributed by atoms with Gasteiger partial charge in [-0.2, -0.15) is 0 Å². The number of hydrogen-bond acceptors (Lipinski definition) is 2. The van der Waals surface area contributed by atoms with Gasteiger partial charge in [0.2, 0.25) is 0 Å². The SMILES string of the molecule is C[C@H](NC(=O)O)C(=O)/N=C/N(C)C. The summed E-state index contributed by atoms with van der Waals surface area (Å²) < 4.78 is 0. The molecule has 0 saturated heterocycles. The normalized spacial score (nSPS) is 12.5. The summed E-state index contributed by atoms with van der Waals surface area (Å²) in [5.41, 5.74) is 0. The first-order valence-corrected chi connectivity index (χ1v) is 3.67. The second-order valence-corrected chi connectivity index (χ2v) is 2.72. The molecular weight excluding hydrogens is 174 g/mol. The number of hydrogen-bond donors (Lipinski definition) is 2. The molecule has 74 valence electrons. The van der Waals surface area contributed by atoms with E-state index in [0.717, 1.165) is 0 Å². The molecule has 0 saturated carbocycles. The lowest BCUT2D eigenvalue weighted by molar-refractivity contribution is -0.119. The quantitative estimate of drug-likeness (QED) is 0.472. The minimum atomic E-state index is -1.24. The maximum Gasteiger partial charge on any atom is 0.405 e. The van der Waals surface area contributed by atoms with Crippen molar-refractivity contribution >= 4 is 18.3 Å². The molecule has 0 aliphatic rings. The highest BCUT2D eigenvalue weighted by atomic mass is 16.4. The van der Waals surface area contributed by atoms with Crippen LogP contribution in [-0.4, -0.2) is 48.5 Å². The van der Waals surface area contributed by atoms with Gasteiger partial charge < -0.3 is 15.3 Å². The van der Waals surface area contributed by atoms with E-state index in [1.807, 2.05) is 5.32 Å². The molecule has 0 aliphatic carbocycles. The van der Waals surface area contributed by atoms with Gasteiger partial charge in [0.25, 0.3) is 5.91 Å². The van der Waals surface area contributed by atoms with Gasteiger partial charge in [-0.25, -0.2) is 9.79 Å². The largest absolute Gasteiger partial charge is 0.465 e. The van der Waals surface area contributed by atoms with E-state index < -0.39 is 18.0 Å². The molecule has 0 aliphatic heterocycles. The van der Waals surface area contributed by atoms with Gasteiger partial charge in [-0.3, -0.25) is 4.79 Å². The van der Waals surface area contributed by atoms with Crippen LogP contribution in [-0.2, 0) is 4.79 Å². The van der Waals surface area contributed by atoms with Gasteiger partial charge in [0.15, 0.2) is 0 Å². The molecule has 0 spiro atoms. The second kappa shape index (κ2) is 5.13. The van der Waals surface area contributed by atoms with Gasteiger partial charge in [-0.15, -0.1) is 0 Å². The maximum atomic E-state index is 11.0. The number of rotatable bonds is 3. The van der Waals surface area contributed by atoms with E-state index in [-0.39, 0.29) is 0 Å². The van der Waals surface area contributed by atoms with Crippen molar-refractivity contribution in [3.05, 3.63) is 0 Å². The van der Waals surface area contributed by atoms with E-state index >= 15 is 0 Å². The summed E-state index contributed by atoms with van der Waals surface area (Å²) >= 11 is 0. The van der Waals surface area contributed by atoms with Crippen molar-refractivity contribution < 1.29 is 14.7 Å². The van der Waals surface area contributed by atoms with Crippen LogP contribution < -0.4 is 5.32 Å². The summed E-state index contributed by atoms with van der Waals surface area (Å²) in [6, 6.07) is -0.811. The Morgan fingerprint density at radius 1 is 1.54 bits per heavy atom. The summed E-state index contributed by atoms with van der Waals surface area (Å²) in [6.07, 6.45) is 0.0865. The summed E-state index contributed by atoms with van der Waals surface area (Å²) in [7, 11) is 3.43. The Labute approximate surface area is 76.3 Å². The number of amides is 2. The molecule has 6 nitrogen and oxygen atoms in total. The zero-order valence-electron chi connectivity index (χ0n) is 7.81. The topological polar surface area (TPSA) is 82.0 Å². The molecule has 0 fully saturated rings. The zero-order chi connectivity index (χ0) is 10.4. The smallest absolute Gasteiger partial charge is 0.405 e. The van der Waals surface area contributed by atoms with Crippen molar-refractivity contribution in [3.63, 3.8) is 0 Å². The van der Waals surface area contributed by atoms with Crippen LogP contribution in [0.4, 0.5) is 4.79 Å². The maximum absolute atomic E-state index is 11.0. The predicted molar refractivity (Wildman–Crippen MR) is 47.8 cm³/mol. The van der Waals surface area contributed by atoms with E-state index in [0.29, 0.717) is 0 Å². The number of aliphatic imine (C=N–C) groups is 1. The third-order valence-electron chi connectivity index (χ3n) is 1.13. The fourth-order valence-corrected chi connectivity index (χ4v) is 0.531. The molecule has 0 unspecified atom stereocenters. The average molecular weight is 187 g/mol. The number of nitrogens with zero attached hydrogens (tertiary/aromatic N) is 2. The van der Waals surface area contributed by atoms with Gasteiger partial charge in [0.1, 0.15) is 6.04 Å². The van der Waals surface area contributed by atoms with E-state index in [4.69, 9.17) is 5.11 Å². The van der Waals surface area contributed by atoms with Crippen LogP contribution in [0.25, 0.3) is 0 Å². The lowest BCUT2D eigenvalue weighted by atomic mass is 10.3. The monoisotopic (exact) mass is 187 g/mol. The Kier molecular flexibility index (Phi) is 4.50. The van der Waals surface area contributed by atoms with Crippen LogP contribution in [0.3, 0.4) is 0 Å². The van der Waals surface area contributed by atoms with E-state index in [9.17, 15) is 9.59 Å². The van der Waals surface area contributed by atoms with Crippen LogP contribution >= 0.6 is 0 Å². The van der Waals surface area contributed by atoms with Gasteiger partial charge in [-0.1, -0.05) is 0 Å². The van der Waals surface area contributed by atoms with Crippen molar-refractivity contribution in [1.29, 1.82) is 0 Å². The molecule has 0 radical (unpaired) electrons. The number of carboxylic acid groups (broad SMARTS) is 1. The Bertz CT molecular complexity index is 225. The van der Waals surface area contributed by atoms with E-state index in [2.05, 4.69) is 4.99 Å². The predicted octanol–water partition coefficient (Wildman–Crippen LogP) is -0.241. The Morgan fingerprint density at radius 2 is 2.08 bits per heavy atom. The number of carbonyl (C=O) groups excluding carboxylic acids is 1. The van der Waals surface area contributed by atoms with Crippen LogP contribution in [0, 0.1) is 0 Å². The first-order valence-electron chi connectivity index (χ1n) is 3.67. The molecule has 2 N–H and O–H groups in total. The number of nitrogens with one attached hydrogen (secondary N) is 1. The third kappa shape index (κ3) is 5.66. The number of carbonyl (C=O) groups is 2. The lowest BCUT2D eigenvalue weighted by Gasteiger charge is -2.07. The molecule has 0 heterocycles. The third-order valence-corrected chi connectivity index (χ3v) is 1.13. The van der Waals surface area contributed by atoms with Crippen molar-refractivity contribution in [2.75, 3.05) is 14.1 Å². The van der Waals surface area contributed by atoms with Crippen molar-refractivity contribution in [2.24, 2.45) is 4.99 Å². The minimum Gasteiger partial charge on any atom is -0.465 e. The van der Waals surface area contributed by atoms with Crippen molar-refractivity contribution in [3.8, 4) is 0 Å². The summed E-state index contributed by atoms with van der Waals surface area (Å²) in [4.78, 5) is 26.3. The van der Waals surface area contributed by atoms with Crippen LogP contribution in [0.15, 0.2) is 4.99 Å². The highest BCUT2D eigenvalue weighted by molar-refractivity contribution is 5.90. The second-order valence-electron chi connectivity index (χ2n) is 2.72. The van der Waals surface area contributed by atoms with Crippen LogP contribution in [0.2, 0.25) is 0 Å². The Hall–Kier alpha value is -1.59. The lowest BCUT2D eigenvalue weighted by Crippen LogP contribution is -2.36. The molecular formula is C7H13N3O3. The Balaban J connectivity index is 4.03. The first kappa shape index (κ1) is 11.4. The minimum absolute atomic E-state index is 0.517. The molecule has 0 aromatic carbocycles. The fraction of sp³-hybridized carbons (Fsp3) is 0.571. The molecule has 0 bridgehead atoms. The summed E-state index contributed by atoms with van der Waals surface area (Å²) in [5.74, 6) is -0.517. The van der Waals surface area contributed by atoms with E-state index in [1.165, 1.54) is 13.3 Å². The van der Waals surface area contributed by atoms with Gasteiger partial charge in [0.05, 0.1) is 6.34 Å². The van der Waals surface area contributed by atoms with Gasteiger partial charge >= 0.3 is 6.09 Å². The standard InChI is InChI=1S/C7H13N3O3/c1-5(9-7(12)13)6(11)8-4-10(2)3/h4-5,9H,1-3H3,(H,12,13)/b8-4+/t5-/m0/s1. The molecule has 2 amide bonds. The fourth-order valence-electron chi connectivity index (χ4n) is 0.531. The van der Waals surface area contributed by atoms with Crippen molar-refractivity contribution in [1.82, 2.24) is 10.2 Å². The summed E-state index contributed by atoms with van der Waals surface area (Å²) in [5, 5.41) is 10.3. The zero-order valence-corrected chi connectivity index (χ0v) is 7.81. The van der Waals surface area contributed by atoms with E-state index in [1.54, 1.807) is 19.0 Å². The molecule has 1 atom stereocenters.